The van der Waals surface area contributed by atoms with Gasteiger partial charge in [-0.2, -0.15) is 5.10 Å². The Bertz CT molecular complexity index is 798. The predicted molar refractivity (Wildman–Crippen MR) is 92.9 cm³/mol. The number of nitrogens with zero attached hydrogens (tertiary/aromatic N) is 2. The number of rotatable bonds is 5. The van der Waals surface area contributed by atoms with Crippen molar-refractivity contribution >= 4 is 0 Å². The van der Waals surface area contributed by atoms with Crippen LogP contribution in [0.4, 0.5) is 4.39 Å². The van der Waals surface area contributed by atoms with Crippen LogP contribution in [0.3, 0.4) is 0 Å². The summed E-state index contributed by atoms with van der Waals surface area (Å²) in [6.07, 6.45) is 5.04. The molecule has 1 N–H and O–H groups in total. The van der Waals surface area contributed by atoms with Crippen LogP contribution in [0.25, 0.3) is 5.69 Å². The molecule has 0 saturated carbocycles. The number of aromatic nitrogens is 2. The molecular formula is C20H20FN3. The topological polar surface area (TPSA) is 29.9 Å². The average molecular weight is 321 g/mol. The summed E-state index contributed by atoms with van der Waals surface area (Å²) in [5.41, 5.74) is 4.86. The zero-order valence-electron chi connectivity index (χ0n) is 13.5. The van der Waals surface area contributed by atoms with Gasteiger partial charge in [-0.05, 0) is 54.3 Å². The summed E-state index contributed by atoms with van der Waals surface area (Å²) in [4.78, 5) is 0. The standard InChI is InChI=1S/C20H20FN3/c21-17-5-7-20(8-6-17)24-12-10-18(23-24)9-11-22-19-13-15-3-1-2-4-16(15)14-19/h1-8,10,12,19,22H,9,11,13-14H2. The third-order valence-electron chi connectivity index (χ3n) is 4.60. The first-order valence-corrected chi connectivity index (χ1v) is 8.38. The third kappa shape index (κ3) is 3.24. The van der Waals surface area contributed by atoms with Gasteiger partial charge in [0.05, 0.1) is 11.4 Å². The number of hydrogen-bond donors (Lipinski definition) is 1. The monoisotopic (exact) mass is 321 g/mol. The van der Waals surface area contributed by atoms with E-state index in [0.29, 0.717) is 6.04 Å². The summed E-state index contributed by atoms with van der Waals surface area (Å²) in [6, 6.07) is 17.6. The zero-order chi connectivity index (χ0) is 16.4. The van der Waals surface area contributed by atoms with Crippen LogP contribution in [-0.2, 0) is 19.3 Å². The van der Waals surface area contributed by atoms with Crippen molar-refractivity contribution in [1.29, 1.82) is 0 Å². The lowest BCUT2D eigenvalue weighted by molar-refractivity contribution is 0.533. The molecule has 2 aromatic carbocycles. The van der Waals surface area contributed by atoms with E-state index in [2.05, 4.69) is 34.7 Å². The molecule has 0 bridgehead atoms. The van der Waals surface area contributed by atoms with Crippen LogP contribution in [0, 0.1) is 5.82 Å². The van der Waals surface area contributed by atoms with Crippen LogP contribution < -0.4 is 5.32 Å². The van der Waals surface area contributed by atoms with Crippen molar-refractivity contribution in [3.05, 3.63) is 83.4 Å². The maximum Gasteiger partial charge on any atom is 0.123 e. The van der Waals surface area contributed by atoms with E-state index in [1.807, 2.05) is 12.3 Å². The van der Waals surface area contributed by atoms with E-state index in [9.17, 15) is 4.39 Å². The molecule has 4 heteroatoms. The fraction of sp³-hybridized carbons (Fsp3) is 0.250. The van der Waals surface area contributed by atoms with E-state index >= 15 is 0 Å². The minimum atomic E-state index is -0.229. The van der Waals surface area contributed by atoms with Gasteiger partial charge in [0.25, 0.3) is 0 Å². The lowest BCUT2D eigenvalue weighted by Gasteiger charge is -2.10. The van der Waals surface area contributed by atoms with Gasteiger partial charge in [0.1, 0.15) is 5.82 Å². The second-order valence-corrected chi connectivity index (χ2v) is 6.31. The summed E-state index contributed by atoms with van der Waals surface area (Å²) in [6.45, 7) is 0.916. The molecule has 0 atom stereocenters. The fourth-order valence-electron chi connectivity index (χ4n) is 3.34. The minimum absolute atomic E-state index is 0.229. The Morgan fingerprint density at radius 2 is 1.71 bits per heavy atom. The Kier molecular flexibility index (Phi) is 4.13. The molecule has 0 amide bonds. The van der Waals surface area contributed by atoms with Crippen LogP contribution in [-0.4, -0.2) is 22.4 Å². The molecule has 0 fully saturated rings. The smallest absolute Gasteiger partial charge is 0.123 e. The van der Waals surface area contributed by atoms with E-state index in [4.69, 9.17) is 0 Å². The number of hydrogen-bond acceptors (Lipinski definition) is 2. The average Bonchev–Trinajstić information content (AvgIpc) is 3.22. The van der Waals surface area contributed by atoms with E-state index in [-0.39, 0.29) is 5.82 Å². The van der Waals surface area contributed by atoms with Crippen molar-refractivity contribution in [2.24, 2.45) is 0 Å². The summed E-state index contributed by atoms with van der Waals surface area (Å²) < 4.78 is 14.8. The van der Waals surface area contributed by atoms with Crippen molar-refractivity contribution in [2.45, 2.75) is 25.3 Å². The lowest BCUT2D eigenvalue weighted by Crippen LogP contribution is -2.31. The van der Waals surface area contributed by atoms with Gasteiger partial charge >= 0.3 is 0 Å². The molecule has 0 saturated heterocycles. The number of fused-ring (bicyclic) bond motifs is 1. The van der Waals surface area contributed by atoms with Gasteiger partial charge in [-0.1, -0.05) is 24.3 Å². The number of benzene rings is 2. The van der Waals surface area contributed by atoms with Crippen LogP contribution in [0.2, 0.25) is 0 Å². The Morgan fingerprint density at radius 3 is 2.42 bits per heavy atom. The summed E-state index contributed by atoms with van der Waals surface area (Å²) in [7, 11) is 0. The molecule has 3 aromatic rings. The SMILES string of the molecule is Fc1ccc(-n2ccc(CCNC3Cc4ccccc4C3)n2)cc1. The third-order valence-corrected chi connectivity index (χ3v) is 4.60. The van der Waals surface area contributed by atoms with Gasteiger partial charge in [0.15, 0.2) is 0 Å². The second kappa shape index (κ2) is 6.57. The van der Waals surface area contributed by atoms with E-state index in [1.54, 1.807) is 16.8 Å². The van der Waals surface area contributed by atoms with Gasteiger partial charge in [-0.3, -0.25) is 0 Å². The molecule has 0 spiro atoms. The molecule has 0 radical (unpaired) electrons. The van der Waals surface area contributed by atoms with E-state index in [0.717, 1.165) is 37.2 Å². The largest absolute Gasteiger partial charge is 0.313 e. The molecule has 4 rings (SSSR count). The Morgan fingerprint density at radius 1 is 1.00 bits per heavy atom. The molecule has 0 aliphatic heterocycles. The summed E-state index contributed by atoms with van der Waals surface area (Å²) in [5, 5.41) is 8.20. The second-order valence-electron chi connectivity index (χ2n) is 6.31. The van der Waals surface area contributed by atoms with Gasteiger partial charge < -0.3 is 5.32 Å². The highest BCUT2D eigenvalue weighted by molar-refractivity contribution is 5.33. The van der Waals surface area contributed by atoms with Crippen LogP contribution >= 0.6 is 0 Å². The maximum absolute atomic E-state index is 13.0. The van der Waals surface area contributed by atoms with Gasteiger partial charge in [0.2, 0.25) is 0 Å². The molecule has 122 valence electrons. The van der Waals surface area contributed by atoms with Crippen molar-refractivity contribution in [2.75, 3.05) is 6.54 Å². The molecule has 1 aliphatic rings. The molecule has 1 heterocycles. The Labute approximate surface area is 141 Å². The first-order valence-electron chi connectivity index (χ1n) is 8.38. The molecule has 0 unspecified atom stereocenters. The van der Waals surface area contributed by atoms with E-state index < -0.39 is 0 Å². The highest BCUT2D eigenvalue weighted by Gasteiger charge is 2.19. The minimum Gasteiger partial charge on any atom is -0.313 e. The molecular weight excluding hydrogens is 301 g/mol. The van der Waals surface area contributed by atoms with Crippen molar-refractivity contribution < 1.29 is 4.39 Å². The molecule has 1 aromatic heterocycles. The molecule has 1 aliphatic carbocycles. The fourth-order valence-corrected chi connectivity index (χ4v) is 3.34. The summed E-state index contributed by atoms with van der Waals surface area (Å²) >= 11 is 0. The Hall–Kier alpha value is -2.46. The molecule has 3 nitrogen and oxygen atoms in total. The van der Waals surface area contributed by atoms with Gasteiger partial charge in [-0.25, -0.2) is 9.07 Å². The van der Waals surface area contributed by atoms with Crippen molar-refractivity contribution in [3.63, 3.8) is 0 Å². The lowest BCUT2D eigenvalue weighted by atomic mass is 10.1. The van der Waals surface area contributed by atoms with Crippen LogP contribution in [0.1, 0.15) is 16.8 Å². The quantitative estimate of drug-likeness (QED) is 0.781. The summed E-state index contributed by atoms with van der Waals surface area (Å²) in [5.74, 6) is -0.229. The maximum atomic E-state index is 13.0. The van der Waals surface area contributed by atoms with Gasteiger partial charge in [-0.15, -0.1) is 0 Å². The normalized spacial score (nSPS) is 14.0. The Balaban J connectivity index is 1.31. The van der Waals surface area contributed by atoms with Crippen LogP contribution in [0.15, 0.2) is 60.8 Å². The van der Waals surface area contributed by atoms with E-state index in [1.165, 1.54) is 23.3 Å². The van der Waals surface area contributed by atoms with Crippen molar-refractivity contribution in [1.82, 2.24) is 15.1 Å². The molecule has 24 heavy (non-hydrogen) atoms. The van der Waals surface area contributed by atoms with Crippen molar-refractivity contribution in [3.8, 4) is 5.69 Å². The first-order chi connectivity index (χ1) is 11.8. The number of halogens is 1. The highest BCUT2D eigenvalue weighted by Crippen LogP contribution is 2.21. The number of nitrogens with one attached hydrogen (secondary N) is 1. The predicted octanol–water partition coefficient (Wildman–Crippen LogP) is 3.31. The zero-order valence-corrected chi connectivity index (χ0v) is 13.5. The van der Waals surface area contributed by atoms with Crippen LogP contribution in [0.5, 0.6) is 0 Å². The first kappa shape index (κ1) is 15.1. The van der Waals surface area contributed by atoms with Gasteiger partial charge in [0, 0.05) is 25.2 Å². The highest BCUT2D eigenvalue weighted by atomic mass is 19.1.